The van der Waals surface area contributed by atoms with Gasteiger partial charge in [0, 0.05) is 14.8 Å². The van der Waals surface area contributed by atoms with Gasteiger partial charge < -0.3 is 5.32 Å². The van der Waals surface area contributed by atoms with Crippen molar-refractivity contribution >= 4 is 45.8 Å². The van der Waals surface area contributed by atoms with E-state index < -0.39 is 0 Å². The van der Waals surface area contributed by atoms with Crippen LogP contribution in [0.1, 0.15) is 28.2 Å². The minimum Gasteiger partial charge on any atom is -0.322 e. The number of hydrogen-bond acceptors (Lipinski definition) is 1. The zero-order chi connectivity index (χ0) is 13.8. The fourth-order valence-electron chi connectivity index (χ4n) is 1.75. The number of hydrogen-bond donors (Lipinski definition) is 1. The third-order valence-electron chi connectivity index (χ3n) is 2.74. The number of halogens is 2. The molecule has 4 heteroatoms. The molecule has 0 aliphatic rings. The standard InChI is InChI=1S/C15H13ClINO/c1-10(16)13-4-2-3-5-14(13)18-15(19)11-6-8-12(17)9-7-11/h2-10H,1H3,(H,18,19). The molecule has 0 aliphatic heterocycles. The molecule has 0 aliphatic carbocycles. The maximum atomic E-state index is 12.1. The van der Waals surface area contributed by atoms with Crippen molar-refractivity contribution < 1.29 is 4.79 Å². The summed E-state index contributed by atoms with van der Waals surface area (Å²) in [5, 5.41) is 2.76. The van der Waals surface area contributed by atoms with Gasteiger partial charge in [-0.1, -0.05) is 18.2 Å². The number of anilines is 1. The predicted octanol–water partition coefficient (Wildman–Crippen LogP) is 4.84. The molecule has 0 bridgehead atoms. The highest BCUT2D eigenvalue weighted by Gasteiger charge is 2.11. The highest BCUT2D eigenvalue weighted by molar-refractivity contribution is 14.1. The van der Waals surface area contributed by atoms with E-state index >= 15 is 0 Å². The third kappa shape index (κ3) is 3.70. The number of alkyl halides is 1. The molecular weight excluding hydrogens is 373 g/mol. The van der Waals surface area contributed by atoms with Crippen LogP contribution in [-0.4, -0.2) is 5.91 Å². The smallest absolute Gasteiger partial charge is 0.255 e. The molecule has 19 heavy (non-hydrogen) atoms. The van der Waals surface area contributed by atoms with E-state index in [-0.39, 0.29) is 11.3 Å². The molecule has 0 fully saturated rings. The first kappa shape index (κ1) is 14.3. The second kappa shape index (κ2) is 6.39. The minimum absolute atomic E-state index is 0.124. The predicted molar refractivity (Wildman–Crippen MR) is 87.8 cm³/mol. The van der Waals surface area contributed by atoms with Crippen molar-refractivity contribution in [3.05, 3.63) is 63.2 Å². The van der Waals surface area contributed by atoms with Crippen LogP contribution in [0.4, 0.5) is 5.69 Å². The van der Waals surface area contributed by atoms with E-state index in [0.29, 0.717) is 5.56 Å². The molecule has 0 radical (unpaired) electrons. The molecule has 2 aromatic rings. The summed E-state index contributed by atoms with van der Waals surface area (Å²) in [6, 6.07) is 15.0. The lowest BCUT2D eigenvalue weighted by molar-refractivity contribution is 0.102. The van der Waals surface area contributed by atoms with Gasteiger partial charge in [-0.2, -0.15) is 0 Å². The Morgan fingerprint density at radius 1 is 1.16 bits per heavy atom. The lowest BCUT2D eigenvalue weighted by Crippen LogP contribution is -2.13. The van der Waals surface area contributed by atoms with Crippen LogP contribution in [0.15, 0.2) is 48.5 Å². The molecule has 0 aromatic heterocycles. The zero-order valence-corrected chi connectivity index (χ0v) is 13.3. The Bertz CT molecular complexity index is 581. The molecule has 2 nitrogen and oxygen atoms in total. The van der Waals surface area contributed by atoms with Crippen LogP contribution in [0.5, 0.6) is 0 Å². The monoisotopic (exact) mass is 385 g/mol. The highest BCUT2D eigenvalue weighted by atomic mass is 127. The molecule has 98 valence electrons. The van der Waals surface area contributed by atoms with Crippen molar-refractivity contribution in [2.45, 2.75) is 12.3 Å². The van der Waals surface area contributed by atoms with Crippen LogP contribution >= 0.6 is 34.2 Å². The summed E-state index contributed by atoms with van der Waals surface area (Å²) in [5.74, 6) is -0.124. The number of carbonyl (C=O) groups excluding carboxylic acids is 1. The van der Waals surface area contributed by atoms with E-state index in [0.717, 1.165) is 14.8 Å². The molecule has 1 N–H and O–H groups in total. The minimum atomic E-state index is -0.145. The Hall–Kier alpha value is -1.07. The normalized spacial score (nSPS) is 11.9. The molecule has 0 spiro atoms. The molecule has 0 heterocycles. The van der Waals surface area contributed by atoms with Gasteiger partial charge in [-0.25, -0.2) is 0 Å². The molecule has 1 amide bonds. The van der Waals surface area contributed by atoms with E-state index in [4.69, 9.17) is 11.6 Å². The summed E-state index contributed by atoms with van der Waals surface area (Å²) in [6.07, 6.45) is 0. The van der Waals surface area contributed by atoms with Gasteiger partial charge in [0.05, 0.1) is 5.38 Å². The summed E-state index contributed by atoms with van der Waals surface area (Å²) in [5.41, 5.74) is 2.31. The molecule has 2 rings (SSSR count). The zero-order valence-electron chi connectivity index (χ0n) is 10.4. The van der Waals surface area contributed by atoms with Crippen molar-refractivity contribution in [1.82, 2.24) is 0 Å². The van der Waals surface area contributed by atoms with Crippen molar-refractivity contribution in [1.29, 1.82) is 0 Å². The second-order valence-electron chi connectivity index (χ2n) is 4.16. The molecule has 0 saturated carbocycles. The van der Waals surface area contributed by atoms with Crippen LogP contribution in [0.3, 0.4) is 0 Å². The fourth-order valence-corrected chi connectivity index (χ4v) is 2.30. The number of para-hydroxylation sites is 1. The maximum absolute atomic E-state index is 12.1. The number of rotatable bonds is 3. The largest absolute Gasteiger partial charge is 0.322 e. The summed E-state index contributed by atoms with van der Waals surface area (Å²) in [7, 11) is 0. The number of carbonyl (C=O) groups is 1. The van der Waals surface area contributed by atoms with E-state index in [9.17, 15) is 4.79 Å². The van der Waals surface area contributed by atoms with Crippen LogP contribution in [0, 0.1) is 3.57 Å². The van der Waals surface area contributed by atoms with Gasteiger partial charge in [-0.3, -0.25) is 4.79 Å². The highest BCUT2D eigenvalue weighted by Crippen LogP contribution is 2.27. The average molecular weight is 386 g/mol. The van der Waals surface area contributed by atoms with Gasteiger partial charge in [0.1, 0.15) is 0 Å². The van der Waals surface area contributed by atoms with E-state index in [1.165, 1.54) is 0 Å². The first-order chi connectivity index (χ1) is 9.08. The van der Waals surface area contributed by atoms with Gasteiger partial charge in [0.25, 0.3) is 5.91 Å². The van der Waals surface area contributed by atoms with Crippen molar-refractivity contribution in [3.63, 3.8) is 0 Å². The van der Waals surface area contributed by atoms with Gasteiger partial charge in [-0.15, -0.1) is 11.6 Å². The van der Waals surface area contributed by atoms with Crippen LogP contribution in [-0.2, 0) is 0 Å². The Morgan fingerprint density at radius 3 is 2.42 bits per heavy atom. The Labute approximate surface area is 131 Å². The average Bonchev–Trinajstić information content (AvgIpc) is 2.39. The van der Waals surface area contributed by atoms with Gasteiger partial charge in [-0.05, 0) is 65.4 Å². The van der Waals surface area contributed by atoms with Crippen LogP contribution < -0.4 is 5.32 Å². The fraction of sp³-hybridized carbons (Fsp3) is 0.133. The molecule has 2 aromatic carbocycles. The number of amides is 1. The third-order valence-corrected chi connectivity index (χ3v) is 3.70. The van der Waals surface area contributed by atoms with Gasteiger partial charge in [0.15, 0.2) is 0 Å². The topological polar surface area (TPSA) is 29.1 Å². The molecule has 1 atom stereocenters. The maximum Gasteiger partial charge on any atom is 0.255 e. The van der Waals surface area contributed by atoms with E-state index in [1.807, 2.05) is 55.5 Å². The Balaban J connectivity index is 2.22. The van der Waals surface area contributed by atoms with Crippen LogP contribution in [0.25, 0.3) is 0 Å². The lowest BCUT2D eigenvalue weighted by atomic mass is 10.1. The summed E-state index contributed by atoms with van der Waals surface area (Å²) < 4.78 is 1.10. The SMILES string of the molecule is CC(Cl)c1ccccc1NC(=O)c1ccc(I)cc1. The number of nitrogens with one attached hydrogen (secondary N) is 1. The van der Waals surface area contributed by atoms with Crippen molar-refractivity contribution in [2.75, 3.05) is 5.32 Å². The van der Waals surface area contributed by atoms with Gasteiger partial charge >= 0.3 is 0 Å². The summed E-state index contributed by atoms with van der Waals surface area (Å²) in [6.45, 7) is 1.89. The summed E-state index contributed by atoms with van der Waals surface area (Å²) >= 11 is 8.31. The first-order valence-electron chi connectivity index (χ1n) is 5.88. The quantitative estimate of drug-likeness (QED) is 0.594. The first-order valence-corrected chi connectivity index (χ1v) is 7.39. The lowest BCUT2D eigenvalue weighted by Gasteiger charge is -2.12. The number of benzene rings is 2. The van der Waals surface area contributed by atoms with Crippen molar-refractivity contribution in [3.8, 4) is 0 Å². The van der Waals surface area contributed by atoms with Gasteiger partial charge in [0.2, 0.25) is 0 Å². The van der Waals surface area contributed by atoms with E-state index in [1.54, 1.807) is 0 Å². The molecule has 1 unspecified atom stereocenters. The Kier molecular flexibility index (Phi) is 4.82. The molecular formula is C15H13ClINO. The molecule has 0 saturated heterocycles. The Morgan fingerprint density at radius 2 is 1.79 bits per heavy atom. The van der Waals surface area contributed by atoms with E-state index in [2.05, 4.69) is 27.9 Å². The second-order valence-corrected chi connectivity index (χ2v) is 6.06. The van der Waals surface area contributed by atoms with Crippen molar-refractivity contribution in [2.24, 2.45) is 0 Å². The summed E-state index contributed by atoms with van der Waals surface area (Å²) in [4.78, 5) is 12.1. The van der Waals surface area contributed by atoms with Crippen LogP contribution in [0.2, 0.25) is 0 Å².